The highest BCUT2D eigenvalue weighted by Gasteiger charge is 2.18. The van der Waals surface area contributed by atoms with E-state index in [2.05, 4.69) is 112 Å². The third kappa shape index (κ3) is 6.40. The molecule has 0 saturated heterocycles. The van der Waals surface area contributed by atoms with Crippen molar-refractivity contribution >= 4 is 0 Å². The van der Waals surface area contributed by atoms with Gasteiger partial charge in [-0.15, -0.1) is 0 Å². The van der Waals surface area contributed by atoms with Gasteiger partial charge in [0.05, 0.1) is 0 Å². The molecule has 0 spiro atoms. The van der Waals surface area contributed by atoms with E-state index in [0.717, 1.165) is 34.1 Å². The van der Waals surface area contributed by atoms with Gasteiger partial charge < -0.3 is 0 Å². The second-order valence-electron chi connectivity index (χ2n) is 9.88. The minimum Gasteiger partial charge on any atom is -0.0625 e. The molecule has 166 valence electrons. The van der Waals surface area contributed by atoms with Gasteiger partial charge in [-0.3, -0.25) is 0 Å². The van der Waals surface area contributed by atoms with E-state index in [-0.39, 0.29) is 0 Å². The molecule has 3 aromatic rings. The predicted molar refractivity (Wildman–Crippen MR) is 140 cm³/mol. The van der Waals surface area contributed by atoms with Crippen molar-refractivity contribution in [3.8, 4) is 23.7 Å². The zero-order valence-corrected chi connectivity index (χ0v) is 20.5. The molecule has 1 aliphatic carbocycles. The molecule has 1 saturated carbocycles. The molecule has 4 rings (SSSR count). The zero-order chi connectivity index (χ0) is 23.2. The average molecular weight is 431 g/mol. The lowest BCUT2D eigenvalue weighted by molar-refractivity contribution is 0.289. The molecule has 0 radical (unpaired) electrons. The Labute approximate surface area is 200 Å². The summed E-state index contributed by atoms with van der Waals surface area (Å²) < 4.78 is 0. The third-order valence-corrected chi connectivity index (χ3v) is 6.92. The van der Waals surface area contributed by atoms with Crippen molar-refractivity contribution in [1.29, 1.82) is 0 Å². The van der Waals surface area contributed by atoms with Gasteiger partial charge in [0, 0.05) is 22.3 Å². The summed E-state index contributed by atoms with van der Waals surface area (Å²) >= 11 is 0. The first-order valence-corrected chi connectivity index (χ1v) is 12.3. The van der Waals surface area contributed by atoms with Crippen LogP contribution in [0, 0.1) is 56.3 Å². The number of aryl methyl sites for hydroxylation is 3. The molecule has 0 bridgehead atoms. The van der Waals surface area contributed by atoms with E-state index in [1.54, 1.807) is 0 Å². The van der Waals surface area contributed by atoms with Crippen LogP contribution in [0.5, 0.6) is 0 Å². The fraction of sp³-hybridized carbons (Fsp3) is 0.333. The molecule has 0 heterocycles. The number of hydrogen-bond donors (Lipinski definition) is 0. The van der Waals surface area contributed by atoms with Gasteiger partial charge in [0.15, 0.2) is 0 Å². The van der Waals surface area contributed by atoms with Gasteiger partial charge in [0.2, 0.25) is 0 Å². The zero-order valence-electron chi connectivity index (χ0n) is 20.5. The monoisotopic (exact) mass is 430 g/mol. The molecular weight excluding hydrogens is 396 g/mol. The molecular formula is C33H34. The topological polar surface area (TPSA) is 0 Å². The lowest BCUT2D eigenvalue weighted by atomic mass is 9.80. The van der Waals surface area contributed by atoms with Crippen LogP contribution in [0.15, 0.2) is 60.7 Å². The van der Waals surface area contributed by atoms with Crippen molar-refractivity contribution < 1.29 is 0 Å². The van der Waals surface area contributed by atoms with Crippen molar-refractivity contribution in [2.24, 2.45) is 11.8 Å². The van der Waals surface area contributed by atoms with Crippen molar-refractivity contribution in [3.63, 3.8) is 0 Å². The lowest BCUT2D eigenvalue weighted by Crippen LogP contribution is -2.14. The summed E-state index contributed by atoms with van der Waals surface area (Å²) in [5.41, 5.74) is 9.31. The van der Waals surface area contributed by atoms with Gasteiger partial charge in [-0.05, 0) is 105 Å². The molecule has 0 heteroatoms. The summed E-state index contributed by atoms with van der Waals surface area (Å²) in [5.74, 6) is 15.1. The maximum absolute atomic E-state index is 3.38. The van der Waals surface area contributed by atoms with E-state index in [9.17, 15) is 0 Å². The van der Waals surface area contributed by atoms with Crippen molar-refractivity contribution in [2.75, 3.05) is 0 Å². The SMILES string of the molecule is Cc1ccc(C#Cc2cc(C)c(C#Cc3ccc(CC4CCC(C)CC4)cc3)cc2C)cc1. The molecule has 0 nitrogen and oxygen atoms in total. The van der Waals surface area contributed by atoms with Gasteiger partial charge in [-0.25, -0.2) is 0 Å². The Morgan fingerprint density at radius 3 is 1.64 bits per heavy atom. The summed E-state index contributed by atoms with van der Waals surface area (Å²) in [6, 6.07) is 21.6. The van der Waals surface area contributed by atoms with E-state index in [0.29, 0.717) is 0 Å². The highest BCUT2D eigenvalue weighted by Crippen LogP contribution is 2.30. The maximum Gasteiger partial charge on any atom is 0.0281 e. The summed E-state index contributed by atoms with van der Waals surface area (Å²) in [7, 11) is 0. The molecule has 0 amide bonds. The molecule has 0 N–H and O–H groups in total. The van der Waals surface area contributed by atoms with Crippen LogP contribution >= 0.6 is 0 Å². The Hall–Kier alpha value is -3.22. The van der Waals surface area contributed by atoms with Crippen LogP contribution in [0.1, 0.15) is 77.1 Å². The Morgan fingerprint density at radius 1 is 0.636 bits per heavy atom. The normalized spacial score (nSPS) is 17.5. The van der Waals surface area contributed by atoms with E-state index in [4.69, 9.17) is 0 Å². The first-order chi connectivity index (χ1) is 16.0. The summed E-state index contributed by atoms with van der Waals surface area (Å²) in [4.78, 5) is 0. The molecule has 0 aromatic heterocycles. The summed E-state index contributed by atoms with van der Waals surface area (Å²) in [5, 5.41) is 0. The minimum atomic E-state index is 0.858. The fourth-order valence-electron chi connectivity index (χ4n) is 4.59. The second kappa shape index (κ2) is 10.6. The summed E-state index contributed by atoms with van der Waals surface area (Å²) in [6.07, 6.45) is 6.76. The number of rotatable bonds is 2. The van der Waals surface area contributed by atoms with Crippen LogP contribution in [-0.2, 0) is 6.42 Å². The standard InChI is InChI=1S/C33H34/c1-24-5-9-28(10-6-24)17-19-32-21-27(4)33(22-26(32)3)20-18-29-13-15-31(16-14-29)23-30-11-7-25(2)8-12-30/h5-6,9-10,13-16,21-22,25,30H,7-8,11-12,23H2,1-4H3. The van der Waals surface area contributed by atoms with Gasteiger partial charge in [-0.1, -0.05) is 73.3 Å². The lowest BCUT2D eigenvalue weighted by Gasteiger charge is -2.26. The molecule has 0 unspecified atom stereocenters. The van der Waals surface area contributed by atoms with Crippen LogP contribution in [0.2, 0.25) is 0 Å². The van der Waals surface area contributed by atoms with Crippen molar-refractivity contribution in [1.82, 2.24) is 0 Å². The molecule has 3 aromatic carbocycles. The Balaban J connectivity index is 1.44. The highest BCUT2D eigenvalue weighted by molar-refractivity contribution is 5.54. The van der Waals surface area contributed by atoms with Crippen molar-refractivity contribution in [3.05, 3.63) is 105 Å². The molecule has 0 aliphatic heterocycles. The minimum absolute atomic E-state index is 0.858. The van der Waals surface area contributed by atoms with Crippen LogP contribution < -0.4 is 0 Å². The molecule has 1 aliphatic rings. The largest absolute Gasteiger partial charge is 0.0625 e. The Kier molecular flexibility index (Phi) is 7.37. The maximum atomic E-state index is 3.38. The van der Waals surface area contributed by atoms with Crippen LogP contribution in [-0.4, -0.2) is 0 Å². The second-order valence-corrected chi connectivity index (χ2v) is 9.88. The van der Waals surface area contributed by atoms with Gasteiger partial charge in [0.1, 0.15) is 0 Å². The number of benzene rings is 3. The van der Waals surface area contributed by atoms with Crippen LogP contribution in [0.3, 0.4) is 0 Å². The smallest absolute Gasteiger partial charge is 0.0281 e. The molecule has 33 heavy (non-hydrogen) atoms. The average Bonchev–Trinajstić information content (AvgIpc) is 2.82. The first-order valence-electron chi connectivity index (χ1n) is 12.3. The Morgan fingerprint density at radius 2 is 1.12 bits per heavy atom. The molecule has 0 atom stereocenters. The predicted octanol–water partition coefficient (Wildman–Crippen LogP) is 7.78. The number of hydrogen-bond acceptors (Lipinski definition) is 0. The third-order valence-electron chi connectivity index (χ3n) is 6.92. The van der Waals surface area contributed by atoms with Gasteiger partial charge in [0.25, 0.3) is 0 Å². The fourth-order valence-corrected chi connectivity index (χ4v) is 4.59. The quantitative estimate of drug-likeness (QED) is 0.364. The van der Waals surface area contributed by atoms with Crippen LogP contribution in [0.4, 0.5) is 0 Å². The van der Waals surface area contributed by atoms with Gasteiger partial charge >= 0.3 is 0 Å². The molecule has 1 fully saturated rings. The Bertz CT molecular complexity index is 1210. The van der Waals surface area contributed by atoms with Crippen molar-refractivity contribution in [2.45, 2.75) is 59.8 Å². The van der Waals surface area contributed by atoms with Gasteiger partial charge in [-0.2, -0.15) is 0 Å². The van der Waals surface area contributed by atoms with E-state index >= 15 is 0 Å². The van der Waals surface area contributed by atoms with Crippen LogP contribution in [0.25, 0.3) is 0 Å². The summed E-state index contributed by atoms with van der Waals surface area (Å²) in [6.45, 7) is 8.72. The first kappa shape index (κ1) is 23.0. The van der Waals surface area contributed by atoms with E-state index in [1.165, 1.54) is 54.4 Å². The highest BCUT2D eigenvalue weighted by atomic mass is 14.2. The van der Waals surface area contributed by atoms with E-state index in [1.807, 2.05) is 0 Å². The van der Waals surface area contributed by atoms with E-state index < -0.39 is 0 Å².